The van der Waals surface area contributed by atoms with Crippen LogP contribution in [0.4, 0.5) is 13.2 Å². The lowest BCUT2D eigenvalue weighted by Crippen LogP contribution is -2.33. The molecule has 1 amide bonds. The van der Waals surface area contributed by atoms with E-state index >= 15 is 0 Å². The zero-order chi connectivity index (χ0) is 14.9. The largest absolute Gasteiger partial charge is 0.416 e. The fourth-order valence-corrected chi connectivity index (χ4v) is 2.62. The molecule has 2 unspecified atom stereocenters. The summed E-state index contributed by atoms with van der Waals surface area (Å²) in [6.45, 7) is 2.51. The van der Waals surface area contributed by atoms with E-state index in [4.69, 9.17) is 5.73 Å². The average molecular weight is 286 g/mol. The topological polar surface area (TPSA) is 46.3 Å². The van der Waals surface area contributed by atoms with Gasteiger partial charge >= 0.3 is 6.18 Å². The third-order valence-electron chi connectivity index (χ3n) is 3.52. The van der Waals surface area contributed by atoms with Gasteiger partial charge in [-0.1, -0.05) is 19.1 Å². The summed E-state index contributed by atoms with van der Waals surface area (Å²) in [5.74, 6) is -0.0377. The van der Waals surface area contributed by atoms with E-state index in [-0.39, 0.29) is 24.4 Å². The number of alkyl halides is 3. The lowest BCUT2D eigenvalue weighted by Gasteiger charge is -2.27. The van der Waals surface area contributed by atoms with Crippen LogP contribution in [-0.4, -0.2) is 23.4 Å². The maximum Gasteiger partial charge on any atom is 0.416 e. The molecule has 1 fully saturated rings. The number of likely N-dealkylation sites (tertiary alicyclic amines) is 1. The summed E-state index contributed by atoms with van der Waals surface area (Å²) >= 11 is 0. The lowest BCUT2D eigenvalue weighted by molar-refractivity contribution is -0.137. The van der Waals surface area contributed by atoms with Crippen LogP contribution in [0, 0.1) is 0 Å². The molecule has 1 aliphatic rings. The van der Waals surface area contributed by atoms with Crippen molar-refractivity contribution in [3.05, 3.63) is 35.4 Å². The van der Waals surface area contributed by atoms with Gasteiger partial charge in [0, 0.05) is 19.0 Å². The van der Waals surface area contributed by atoms with Crippen molar-refractivity contribution < 1.29 is 18.0 Å². The Hall–Kier alpha value is -1.56. The maximum absolute atomic E-state index is 12.5. The van der Waals surface area contributed by atoms with Crippen LogP contribution in [0.2, 0.25) is 0 Å². The monoisotopic (exact) mass is 286 g/mol. The highest BCUT2D eigenvalue weighted by Crippen LogP contribution is 2.34. The van der Waals surface area contributed by atoms with Gasteiger partial charge < -0.3 is 10.6 Å². The van der Waals surface area contributed by atoms with E-state index in [1.807, 2.05) is 6.92 Å². The second-order valence-electron chi connectivity index (χ2n) is 5.02. The molecule has 0 aromatic heterocycles. The van der Waals surface area contributed by atoms with Crippen LogP contribution in [0.15, 0.2) is 24.3 Å². The average Bonchev–Trinajstić information content (AvgIpc) is 2.64. The van der Waals surface area contributed by atoms with Gasteiger partial charge in [-0.05, 0) is 24.1 Å². The molecule has 1 aromatic rings. The summed E-state index contributed by atoms with van der Waals surface area (Å²) in [6.07, 6.45) is -3.32. The highest BCUT2D eigenvalue weighted by Gasteiger charge is 2.38. The summed E-state index contributed by atoms with van der Waals surface area (Å²) in [4.78, 5) is 13.5. The number of nitrogens with two attached hydrogens (primary N) is 1. The zero-order valence-electron chi connectivity index (χ0n) is 11.2. The summed E-state index contributed by atoms with van der Waals surface area (Å²) in [5, 5.41) is 0. The lowest BCUT2D eigenvalue weighted by atomic mass is 9.99. The van der Waals surface area contributed by atoms with Crippen molar-refractivity contribution >= 4 is 5.91 Å². The minimum Gasteiger partial charge on any atom is -0.334 e. The van der Waals surface area contributed by atoms with Crippen LogP contribution in [0.1, 0.15) is 36.9 Å². The van der Waals surface area contributed by atoms with Crippen molar-refractivity contribution in [2.24, 2.45) is 5.73 Å². The number of benzene rings is 1. The zero-order valence-corrected chi connectivity index (χ0v) is 11.2. The predicted octanol–water partition coefficient (Wildman–Crippen LogP) is 2.72. The smallest absolute Gasteiger partial charge is 0.334 e. The molecule has 1 heterocycles. The first-order valence-corrected chi connectivity index (χ1v) is 6.56. The summed E-state index contributed by atoms with van der Waals surface area (Å²) in [6, 6.07) is 4.20. The van der Waals surface area contributed by atoms with Crippen LogP contribution in [0.25, 0.3) is 0 Å². The van der Waals surface area contributed by atoms with Crippen molar-refractivity contribution in [3.63, 3.8) is 0 Å². The van der Waals surface area contributed by atoms with Crippen LogP contribution in [0.5, 0.6) is 0 Å². The number of rotatable bonds is 3. The quantitative estimate of drug-likeness (QED) is 0.928. The molecule has 3 nitrogen and oxygen atoms in total. The molecule has 0 saturated carbocycles. The number of nitrogens with zero attached hydrogens (tertiary/aromatic N) is 1. The molecule has 0 radical (unpaired) electrons. The standard InChI is InChI=1S/C14H17F3N2O/c1-2-7-19-12(20)8-11(18)13(19)9-3-5-10(6-4-9)14(15,16)17/h3-6,11,13H,2,7-8,18H2,1H3. The second-order valence-corrected chi connectivity index (χ2v) is 5.02. The first-order chi connectivity index (χ1) is 9.34. The maximum atomic E-state index is 12.5. The van der Waals surface area contributed by atoms with Crippen LogP contribution < -0.4 is 5.73 Å². The van der Waals surface area contributed by atoms with Crippen LogP contribution in [-0.2, 0) is 11.0 Å². The molecule has 110 valence electrons. The van der Waals surface area contributed by atoms with Crippen molar-refractivity contribution in [2.45, 2.75) is 38.0 Å². The molecule has 1 aromatic carbocycles. The van der Waals surface area contributed by atoms with Gasteiger partial charge in [-0.2, -0.15) is 13.2 Å². The molecule has 6 heteroatoms. The molecule has 1 aliphatic heterocycles. The molecule has 0 spiro atoms. The van der Waals surface area contributed by atoms with Crippen molar-refractivity contribution in [3.8, 4) is 0 Å². The fraction of sp³-hybridized carbons (Fsp3) is 0.500. The van der Waals surface area contributed by atoms with Crippen molar-refractivity contribution in [2.75, 3.05) is 6.54 Å². The van der Waals surface area contributed by atoms with E-state index < -0.39 is 11.7 Å². The highest BCUT2D eigenvalue weighted by molar-refractivity contribution is 5.80. The van der Waals surface area contributed by atoms with Crippen molar-refractivity contribution in [1.29, 1.82) is 0 Å². The molecule has 2 rings (SSSR count). The number of carbonyl (C=O) groups excluding carboxylic acids is 1. The van der Waals surface area contributed by atoms with Gasteiger partial charge in [0.25, 0.3) is 0 Å². The van der Waals surface area contributed by atoms with E-state index in [0.29, 0.717) is 12.1 Å². The Labute approximate surface area is 115 Å². The Kier molecular flexibility index (Phi) is 4.04. The molecule has 0 bridgehead atoms. The Morgan fingerprint density at radius 1 is 1.30 bits per heavy atom. The predicted molar refractivity (Wildman–Crippen MR) is 68.8 cm³/mol. The third kappa shape index (κ3) is 2.80. The summed E-state index contributed by atoms with van der Waals surface area (Å²) < 4.78 is 37.6. The van der Waals surface area contributed by atoms with Gasteiger partial charge in [-0.15, -0.1) is 0 Å². The van der Waals surface area contributed by atoms with Gasteiger partial charge in [-0.25, -0.2) is 0 Å². The summed E-state index contributed by atoms with van der Waals surface area (Å²) in [7, 11) is 0. The Morgan fingerprint density at radius 3 is 2.40 bits per heavy atom. The van der Waals surface area contributed by atoms with Gasteiger partial charge in [0.15, 0.2) is 0 Å². The van der Waals surface area contributed by atoms with E-state index in [1.165, 1.54) is 12.1 Å². The third-order valence-corrected chi connectivity index (χ3v) is 3.52. The minimum atomic E-state index is -4.35. The van der Waals surface area contributed by atoms with Crippen LogP contribution in [0.3, 0.4) is 0 Å². The van der Waals surface area contributed by atoms with E-state index in [2.05, 4.69) is 0 Å². The van der Waals surface area contributed by atoms with Gasteiger partial charge in [-0.3, -0.25) is 4.79 Å². The normalized spacial score (nSPS) is 23.4. The molecule has 1 saturated heterocycles. The Bertz CT molecular complexity index is 484. The first-order valence-electron chi connectivity index (χ1n) is 6.56. The number of carbonyl (C=O) groups is 1. The molecule has 0 aliphatic carbocycles. The molecular weight excluding hydrogens is 269 g/mol. The Morgan fingerprint density at radius 2 is 1.90 bits per heavy atom. The van der Waals surface area contributed by atoms with Crippen molar-refractivity contribution in [1.82, 2.24) is 4.90 Å². The second kappa shape index (κ2) is 5.44. The number of hydrogen-bond donors (Lipinski definition) is 1. The van der Waals surface area contributed by atoms with E-state index in [9.17, 15) is 18.0 Å². The van der Waals surface area contributed by atoms with E-state index in [1.54, 1.807) is 4.90 Å². The van der Waals surface area contributed by atoms with Gasteiger partial charge in [0.2, 0.25) is 5.91 Å². The highest BCUT2D eigenvalue weighted by atomic mass is 19.4. The molecule has 2 N–H and O–H groups in total. The molecule has 20 heavy (non-hydrogen) atoms. The first kappa shape index (κ1) is 14.8. The van der Waals surface area contributed by atoms with Gasteiger partial charge in [0.05, 0.1) is 11.6 Å². The molecular formula is C14H17F3N2O. The van der Waals surface area contributed by atoms with Gasteiger partial charge in [0.1, 0.15) is 0 Å². The molecule has 2 atom stereocenters. The van der Waals surface area contributed by atoms with Crippen LogP contribution >= 0.6 is 0 Å². The van der Waals surface area contributed by atoms with E-state index in [0.717, 1.165) is 18.6 Å². The number of halogens is 3. The summed E-state index contributed by atoms with van der Waals surface area (Å²) in [5.41, 5.74) is 5.93. The number of hydrogen-bond acceptors (Lipinski definition) is 2. The SMILES string of the molecule is CCCN1C(=O)CC(N)C1c1ccc(C(F)(F)F)cc1. The Balaban J connectivity index is 2.27. The fourth-order valence-electron chi connectivity index (χ4n) is 2.62. The number of amides is 1. The minimum absolute atomic E-state index is 0.0377.